The quantitative estimate of drug-likeness (QED) is 0.0261. The zero-order chi connectivity index (χ0) is 59.9. The summed E-state index contributed by atoms with van der Waals surface area (Å²) in [5, 5.41) is 0. The van der Waals surface area contributed by atoms with Crippen molar-refractivity contribution in [2.45, 2.75) is 374 Å². The minimum Gasteiger partial charge on any atom is -0.462 e. The van der Waals surface area contributed by atoms with Gasteiger partial charge in [-0.25, -0.2) is 0 Å². The predicted octanol–water partition coefficient (Wildman–Crippen LogP) is 25.0. The summed E-state index contributed by atoms with van der Waals surface area (Å²) < 4.78 is 16.9. The molecule has 0 aliphatic heterocycles. The molecule has 1 unspecified atom stereocenters. The van der Waals surface area contributed by atoms with Crippen LogP contribution >= 0.6 is 0 Å². The maximum absolute atomic E-state index is 12.9. The van der Waals surface area contributed by atoms with Crippen molar-refractivity contribution in [3.05, 3.63) is 85.1 Å². The molecule has 0 rings (SSSR count). The highest BCUT2D eigenvalue weighted by molar-refractivity contribution is 5.71. The lowest BCUT2D eigenvalue weighted by Crippen LogP contribution is -2.30. The number of carbonyl (C=O) groups is 3. The molecule has 0 aromatic carbocycles. The highest BCUT2D eigenvalue weighted by atomic mass is 16.6. The zero-order valence-corrected chi connectivity index (χ0v) is 55.2. The summed E-state index contributed by atoms with van der Waals surface area (Å²) in [6.07, 6.45) is 94.9. The number of unbranched alkanes of at least 4 members (excludes halogenated alkanes) is 41. The average Bonchev–Trinajstić information content (AvgIpc) is 3.48. The van der Waals surface area contributed by atoms with E-state index >= 15 is 0 Å². The molecule has 0 bridgehead atoms. The summed E-state index contributed by atoms with van der Waals surface area (Å²) in [4.78, 5) is 38.4. The van der Waals surface area contributed by atoms with Crippen LogP contribution in [-0.2, 0) is 28.6 Å². The molecule has 0 fully saturated rings. The first-order valence-corrected chi connectivity index (χ1v) is 36.1. The van der Waals surface area contributed by atoms with Gasteiger partial charge in [0.15, 0.2) is 6.10 Å². The first kappa shape index (κ1) is 79.6. The van der Waals surface area contributed by atoms with Crippen LogP contribution in [0.4, 0.5) is 0 Å². The van der Waals surface area contributed by atoms with Gasteiger partial charge < -0.3 is 14.2 Å². The van der Waals surface area contributed by atoms with E-state index < -0.39 is 6.10 Å². The molecule has 0 saturated heterocycles. The molecule has 0 radical (unpaired) electrons. The molecular formula is C77H136O6. The normalized spacial score (nSPS) is 12.6. The summed E-state index contributed by atoms with van der Waals surface area (Å²) in [5.74, 6) is -0.890. The molecule has 1 atom stereocenters. The molecule has 83 heavy (non-hydrogen) atoms. The van der Waals surface area contributed by atoms with Gasteiger partial charge in [0.2, 0.25) is 0 Å². The Hall–Kier alpha value is -3.41. The molecule has 0 heterocycles. The van der Waals surface area contributed by atoms with E-state index in [2.05, 4.69) is 106 Å². The van der Waals surface area contributed by atoms with E-state index in [4.69, 9.17) is 14.2 Å². The Balaban J connectivity index is 4.21. The third kappa shape index (κ3) is 69.3. The van der Waals surface area contributed by atoms with Crippen molar-refractivity contribution in [2.24, 2.45) is 0 Å². The third-order valence-electron chi connectivity index (χ3n) is 15.9. The van der Waals surface area contributed by atoms with Crippen molar-refractivity contribution in [2.75, 3.05) is 13.2 Å². The van der Waals surface area contributed by atoms with E-state index in [1.54, 1.807) is 0 Å². The van der Waals surface area contributed by atoms with E-state index in [1.807, 2.05) is 0 Å². The Bertz CT molecular complexity index is 1570. The molecule has 6 nitrogen and oxygen atoms in total. The van der Waals surface area contributed by atoms with Gasteiger partial charge in [-0.2, -0.15) is 0 Å². The van der Waals surface area contributed by atoms with Gasteiger partial charge in [0, 0.05) is 19.3 Å². The summed E-state index contributed by atoms with van der Waals surface area (Å²) in [5.41, 5.74) is 0. The summed E-state index contributed by atoms with van der Waals surface area (Å²) in [6, 6.07) is 0. The van der Waals surface area contributed by atoms with Crippen molar-refractivity contribution >= 4 is 17.9 Å². The van der Waals surface area contributed by atoms with Crippen LogP contribution in [-0.4, -0.2) is 37.2 Å². The Kier molecular flexibility index (Phi) is 68.2. The molecule has 0 amide bonds. The monoisotopic (exact) mass is 1160 g/mol. The highest BCUT2D eigenvalue weighted by Gasteiger charge is 2.19. The van der Waals surface area contributed by atoms with Crippen molar-refractivity contribution < 1.29 is 28.6 Å². The number of hydrogen-bond acceptors (Lipinski definition) is 6. The van der Waals surface area contributed by atoms with Crippen LogP contribution in [0.2, 0.25) is 0 Å². The zero-order valence-electron chi connectivity index (χ0n) is 55.2. The number of carbonyl (C=O) groups excluding carboxylic acids is 3. The van der Waals surface area contributed by atoms with Crippen LogP contribution in [0.5, 0.6) is 0 Å². The lowest BCUT2D eigenvalue weighted by molar-refractivity contribution is -0.167. The SMILES string of the molecule is CC/C=C\C/C=C\C/C=C\C/C=C\C/C=C\C/C=C\CCCCCCCCC(=O)OC(COC(=O)CCCCCCC/C=C\CCCC)COC(=O)CCCCCCCCCCCCCCCCCCCCCCCCCCCCCCC. The second-order valence-corrected chi connectivity index (χ2v) is 24.1. The van der Waals surface area contributed by atoms with E-state index in [0.717, 1.165) is 116 Å². The van der Waals surface area contributed by atoms with Crippen molar-refractivity contribution in [3.63, 3.8) is 0 Å². The van der Waals surface area contributed by atoms with Gasteiger partial charge in [0.1, 0.15) is 13.2 Å². The molecule has 0 aliphatic carbocycles. The van der Waals surface area contributed by atoms with Crippen LogP contribution in [0.25, 0.3) is 0 Å². The number of rotatable bonds is 66. The molecular weight excluding hydrogens is 1020 g/mol. The molecule has 0 aromatic heterocycles. The highest BCUT2D eigenvalue weighted by Crippen LogP contribution is 2.18. The van der Waals surface area contributed by atoms with Crippen LogP contribution in [0.15, 0.2) is 85.1 Å². The predicted molar refractivity (Wildman–Crippen MR) is 362 cm³/mol. The number of hydrogen-bond donors (Lipinski definition) is 0. The largest absolute Gasteiger partial charge is 0.462 e. The van der Waals surface area contributed by atoms with Crippen molar-refractivity contribution in [1.82, 2.24) is 0 Å². The summed E-state index contributed by atoms with van der Waals surface area (Å²) >= 11 is 0. The van der Waals surface area contributed by atoms with Crippen LogP contribution in [0.1, 0.15) is 367 Å². The number of esters is 3. The Morgan fingerprint density at radius 3 is 0.783 bits per heavy atom. The molecule has 0 aromatic rings. The fourth-order valence-electron chi connectivity index (χ4n) is 10.5. The lowest BCUT2D eigenvalue weighted by Gasteiger charge is -2.18. The van der Waals surface area contributed by atoms with Crippen molar-refractivity contribution in [3.8, 4) is 0 Å². The van der Waals surface area contributed by atoms with Crippen LogP contribution < -0.4 is 0 Å². The van der Waals surface area contributed by atoms with Gasteiger partial charge in [-0.1, -0.05) is 343 Å². The van der Waals surface area contributed by atoms with Gasteiger partial charge >= 0.3 is 17.9 Å². The van der Waals surface area contributed by atoms with Gasteiger partial charge in [0.05, 0.1) is 0 Å². The summed E-state index contributed by atoms with van der Waals surface area (Å²) in [7, 11) is 0. The number of ether oxygens (including phenoxy) is 3. The van der Waals surface area contributed by atoms with E-state index in [-0.39, 0.29) is 31.1 Å². The smallest absolute Gasteiger partial charge is 0.306 e. The standard InChI is InChI=1S/C77H136O6/c1-4-7-10-13-16-19-22-24-26-28-30-32-34-36-37-38-39-41-42-44-46-48-50-52-55-58-61-64-67-70-76(79)82-73-74(72-81-75(78)69-66-63-60-57-54-21-18-15-12-9-6-3)83-77(80)71-68-65-62-59-56-53-51-49-47-45-43-40-35-33-31-29-27-25-23-20-17-14-11-8-5-2/h8,11,15,17-18,20,25,27,31,33,40,43,47,49,74H,4-7,9-10,12-14,16,19,21-24,26,28-30,32,34-39,41-42,44-46,48,50-73H2,1-3H3/b11-8-,18-15-,20-17-,27-25-,33-31-,43-40-,49-47-. The average molecular weight is 1160 g/mol. The topological polar surface area (TPSA) is 78.9 Å². The minimum absolute atomic E-state index is 0.0823. The van der Waals surface area contributed by atoms with E-state index in [9.17, 15) is 14.4 Å². The van der Waals surface area contributed by atoms with Gasteiger partial charge in [-0.15, -0.1) is 0 Å². The molecule has 480 valence electrons. The van der Waals surface area contributed by atoms with E-state index in [0.29, 0.717) is 19.3 Å². The van der Waals surface area contributed by atoms with Gasteiger partial charge in [-0.3, -0.25) is 14.4 Å². The molecule has 0 N–H and O–H groups in total. The Morgan fingerprint density at radius 1 is 0.253 bits per heavy atom. The maximum Gasteiger partial charge on any atom is 0.306 e. The fourth-order valence-corrected chi connectivity index (χ4v) is 10.5. The first-order chi connectivity index (χ1) is 41.0. The first-order valence-electron chi connectivity index (χ1n) is 36.1. The van der Waals surface area contributed by atoms with E-state index in [1.165, 1.54) is 212 Å². The summed E-state index contributed by atoms with van der Waals surface area (Å²) in [6.45, 7) is 6.52. The van der Waals surface area contributed by atoms with Gasteiger partial charge in [-0.05, 0) is 89.9 Å². The van der Waals surface area contributed by atoms with Crippen molar-refractivity contribution in [1.29, 1.82) is 0 Å². The van der Waals surface area contributed by atoms with Gasteiger partial charge in [0.25, 0.3) is 0 Å². The lowest BCUT2D eigenvalue weighted by atomic mass is 10.0. The fraction of sp³-hybridized carbons (Fsp3) is 0.779. The third-order valence-corrected chi connectivity index (χ3v) is 15.9. The minimum atomic E-state index is -0.789. The Labute approximate surface area is 515 Å². The Morgan fingerprint density at radius 2 is 0.482 bits per heavy atom. The second kappa shape index (κ2) is 71.1. The molecule has 0 spiro atoms. The molecule has 0 aliphatic rings. The maximum atomic E-state index is 12.9. The molecule has 6 heteroatoms. The second-order valence-electron chi connectivity index (χ2n) is 24.1. The van der Waals surface area contributed by atoms with Crippen LogP contribution in [0, 0.1) is 0 Å². The number of allylic oxidation sites excluding steroid dienone is 14. The van der Waals surface area contributed by atoms with Crippen LogP contribution in [0.3, 0.4) is 0 Å². The molecule has 0 saturated carbocycles.